The van der Waals surface area contributed by atoms with E-state index in [1.165, 1.54) is 19.3 Å². The van der Waals surface area contributed by atoms with Gasteiger partial charge < -0.3 is 28.3 Å². The van der Waals surface area contributed by atoms with E-state index in [-0.39, 0.29) is 65.5 Å². The molecule has 8 nitrogen and oxygen atoms in total. The van der Waals surface area contributed by atoms with Gasteiger partial charge in [-0.15, -0.1) is 6.42 Å². The largest absolute Gasteiger partial charge is 1.00 e. The van der Waals surface area contributed by atoms with Gasteiger partial charge in [-0.2, -0.15) is 0 Å². The zero-order chi connectivity index (χ0) is 26.9. The second-order valence-electron chi connectivity index (χ2n) is 7.07. The number of hydrogen-bond donors (Lipinski definition) is 0. The van der Waals surface area contributed by atoms with Crippen LogP contribution in [0.1, 0.15) is 64.7 Å². The quantitative estimate of drug-likeness (QED) is 0.0494. The molecule has 1 atom stereocenters. The molecule has 0 aliphatic heterocycles. The minimum atomic E-state index is -5.31. The first kappa shape index (κ1) is 40.9. The maximum absolute atomic E-state index is 12.0. The molecule has 38 heavy (non-hydrogen) atoms. The average Bonchev–Trinajstić information content (AvgIpc) is 2.83. The molecular formula is C27H27Na2O8P. The predicted molar refractivity (Wildman–Crippen MR) is 129 cm³/mol. The molecule has 0 aromatic heterocycles. The smallest absolute Gasteiger partial charge is 0.790 e. The first-order valence-corrected chi connectivity index (χ1v) is 12.7. The van der Waals surface area contributed by atoms with Crippen LogP contribution in [0.25, 0.3) is 0 Å². The summed E-state index contributed by atoms with van der Waals surface area (Å²) in [5.41, 5.74) is 0. The van der Waals surface area contributed by atoms with Crippen LogP contribution in [0.15, 0.2) is 0 Å². The summed E-state index contributed by atoms with van der Waals surface area (Å²) in [5, 5.41) is 0. The van der Waals surface area contributed by atoms with Crippen molar-refractivity contribution in [1.82, 2.24) is 0 Å². The number of rotatable bonds is 15. The molecule has 0 rings (SSSR count). The molecule has 0 radical (unpaired) electrons. The Morgan fingerprint density at radius 1 is 0.789 bits per heavy atom. The van der Waals surface area contributed by atoms with Crippen LogP contribution in [0.5, 0.6) is 0 Å². The molecule has 190 valence electrons. The Kier molecular flexibility index (Phi) is 30.6. The second-order valence-corrected chi connectivity index (χ2v) is 8.23. The molecule has 11 heteroatoms. The first-order chi connectivity index (χ1) is 17.3. The Hall–Kier alpha value is -1.59. The van der Waals surface area contributed by atoms with E-state index in [9.17, 15) is 23.9 Å². The summed E-state index contributed by atoms with van der Waals surface area (Å²) >= 11 is 0. The summed E-state index contributed by atoms with van der Waals surface area (Å²) in [5.74, 6) is 23.4. The molecule has 0 saturated carbocycles. The number of unbranched alkanes of at least 4 members (excludes halogenated alkanes) is 7. The molecule has 0 amide bonds. The molecule has 0 N–H and O–H groups in total. The number of terminal acetylenes is 1. The Bertz CT molecular complexity index is 1110. The van der Waals surface area contributed by atoms with Crippen molar-refractivity contribution in [2.75, 3.05) is 13.2 Å². The molecule has 0 fully saturated rings. The molecule has 0 aliphatic carbocycles. The fraction of sp³-hybridized carbons (Fsp3) is 0.481. The molecule has 0 unspecified atom stereocenters. The third kappa shape index (κ3) is 30.6. The zero-order valence-corrected chi connectivity index (χ0v) is 27.0. The summed E-state index contributed by atoms with van der Waals surface area (Å²) in [6.45, 7) is 0.812. The van der Waals surface area contributed by atoms with E-state index in [0.29, 0.717) is 6.42 Å². The second kappa shape index (κ2) is 28.4. The van der Waals surface area contributed by atoms with Crippen LogP contribution >= 0.6 is 7.82 Å². The van der Waals surface area contributed by atoms with E-state index in [4.69, 9.17) is 15.9 Å². The topological polar surface area (TPSA) is 125 Å². The Morgan fingerprint density at radius 3 is 1.82 bits per heavy atom. The first-order valence-electron chi connectivity index (χ1n) is 11.3. The van der Waals surface area contributed by atoms with E-state index < -0.39 is 39.1 Å². The van der Waals surface area contributed by atoms with Crippen LogP contribution in [-0.4, -0.2) is 31.3 Å². The van der Waals surface area contributed by atoms with Crippen LogP contribution < -0.4 is 68.9 Å². The van der Waals surface area contributed by atoms with Gasteiger partial charge >= 0.3 is 71.1 Å². The normalized spacial score (nSPS) is 9.42. The van der Waals surface area contributed by atoms with Gasteiger partial charge in [-0.3, -0.25) is 4.79 Å². The zero-order valence-electron chi connectivity index (χ0n) is 22.1. The third-order valence-corrected chi connectivity index (χ3v) is 4.55. The molecular weight excluding hydrogens is 529 g/mol. The standard InChI is InChI=1S/C27H29O8P.2Na/c1-3-5-7-9-11-13-14-16-17-19-21-26(28)33-23-25(24-34-36(30,31)32)35-27(29)22-20-18-15-12-10-8-6-4-2;;/h1,25H,4,6,8,10,12,15,18,20,22-24H2,2H3,(H2,30,31,32);;/q;2*+1/p-2/t25-;;/m1../s1. The van der Waals surface area contributed by atoms with Gasteiger partial charge in [0.15, 0.2) is 6.10 Å². The Labute approximate surface area is 270 Å². The number of carbonyl (C=O) groups excluding carboxylic acids is 2. The van der Waals surface area contributed by atoms with E-state index in [2.05, 4.69) is 76.6 Å². The Balaban J connectivity index is -0.00000612. The van der Waals surface area contributed by atoms with Crippen molar-refractivity contribution in [3.8, 4) is 71.5 Å². The molecule has 0 heterocycles. The van der Waals surface area contributed by atoms with Crippen molar-refractivity contribution >= 4 is 19.8 Å². The van der Waals surface area contributed by atoms with Gasteiger partial charge in [0, 0.05) is 12.3 Å². The molecule has 0 saturated heterocycles. The number of esters is 2. The summed E-state index contributed by atoms with van der Waals surface area (Å²) < 4.78 is 24.8. The molecule has 0 bridgehead atoms. The average molecular weight is 556 g/mol. The number of phosphoric ester groups is 1. The minimum Gasteiger partial charge on any atom is -0.790 e. The van der Waals surface area contributed by atoms with E-state index in [1.807, 2.05) is 0 Å². The van der Waals surface area contributed by atoms with Gasteiger partial charge in [0.05, 0.1) is 14.4 Å². The third-order valence-electron chi connectivity index (χ3n) is 4.09. The van der Waals surface area contributed by atoms with Crippen molar-refractivity contribution in [3.63, 3.8) is 0 Å². The van der Waals surface area contributed by atoms with Crippen molar-refractivity contribution < 1.29 is 97.1 Å². The maximum atomic E-state index is 12.0. The molecule has 0 aromatic rings. The van der Waals surface area contributed by atoms with Gasteiger partial charge in [-0.05, 0) is 65.6 Å². The Morgan fingerprint density at radius 2 is 1.29 bits per heavy atom. The predicted octanol–water partition coefficient (Wildman–Crippen LogP) is -4.52. The van der Waals surface area contributed by atoms with Crippen LogP contribution in [-0.2, 0) is 28.2 Å². The van der Waals surface area contributed by atoms with Crippen LogP contribution in [0.2, 0.25) is 0 Å². The molecule has 0 aromatic carbocycles. The summed E-state index contributed by atoms with van der Waals surface area (Å²) in [6.07, 6.45) is 12.0. The molecule has 0 spiro atoms. The van der Waals surface area contributed by atoms with Crippen molar-refractivity contribution in [2.24, 2.45) is 0 Å². The summed E-state index contributed by atoms with van der Waals surface area (Å²) in [7, 11) is -5.31. The monoisotopic (exact) mass is 556 g/mol. The molecule has 0 aliphatic rings. The van der Waals surface area contributed by atoms with Crippen molar-refractivity contribution in [3.05, 3.63) is 0 Å². The minimum absolute atomic E-state index is 0. The van der Waals surface area contributed by atoms with Crippen LogP contribution in [0.3, 0.4) is 0 Å². The van der Waals surface area contributed by atoms with Gasteiger partial charge in [0.1, 0.15) is 6.61 Å². The van der Waals surface area contributed by atoms with E-state index in [1.54, 1.807) is 0 Å². The summed E-state index contributed by atoms with van der Waals surface area (Å²) in [6, 6.07) is 0. The van der Waals surface area contributed by atoms with Gasteiger partial charge in [0.25, 0.3) is 0 Å². The van der Waals surface area contributed by atoms with Gasteiger partial charge in [0.2, 0.25) is 0 Å². The maximum Gasteiger partial charge on any atom is 1.00 e. The van der Waals surface area contributed by atoms with Gasteiger partial charge in [-0.25, -0.2) is 4.79 Å². The van der Waals surface area contributed by atoms with Gasteiger partial charge in [-0.1, -0.05) is 51.9 Å². The van der Waals surface area contributed by atoms with Crippen LogP contribution in [0.4, 0.5) is 0 Å². The van der Waals surface area contributed by atoms with Crippen LogP contribution in [0, 0.1) is 71.5 Å². The number of hydrogen-bond acceptors (Lipinski definition) is 8. The SMILES string of the molecule is C#CC#CC#CC#CC#CC#CC(=O)OC[C@H](COP(=O)([O-])[O-])OC(=O)CCCCCCCCCC.[Na+].[Na+]. The van der Waals surface area contributed by atoms with E-state index in [0.717, 1.165) is 25.7 Å². The van der Waals surface area contributed by atoms with Crippen molar-refractivity contribution in [2.45, 2.75) is 70.8 Å². The number of ether oxygens (including phenoxy) is 2. The fourth-order valence-electron chi connectivity index (χ4n) is 2.48. The van der Waals surface area contributed by atoms with Crippen molar-refractivity contribution in [1.29, 1.82) is 0 Å². The summed E-state index contributed by atoms with van der Waals surface area (Å²) in [4.78, 5) is 45.2. The number of carbonyl (C=O) groups is 2. The fourth-order valence-corrected chi connectivity index (χ4v) is 2.83. The number of phosphoric acid groups is 1. The van der Waals surface area contributed by atoms with E-state index >= 15 is 0 Å².